The first kappa shape index (κ1) is 23.2. The largest absolute Gasteiger partial charge is 0.478 e. The molecule has 1 N–H and O–H groups in total. The minimum absolute atomic E-state index is 0.464. The Morgan fingerprint density at radius 2 is 1.21 bits per heavy atom. The molecule has 0 saturated heterocycles. The molecule has 142 valence electrons. The van der Waals surface area contributed by atoms with Crippen LogP contribution in [0.4, 0.5) is 0 Å². The predicted molar refractivity (Wildman–Crippen MR) is 105 cm³/mol. The smallest absolute Gasteiger partial charge is 0.330 e. The van der Waals surface area contributed by atoms with E-state index in [1.54, 1.807) is 6.92 Å². The summed E-state index contributed by atoms with van der Waals surface area (Å²) in [5.41, 5.74) is 0.464. The summed E-state index contributed by atoms with van der Waals surface area (Å²) in [6, 6.07) is 0. The van der Waals surface area contributed by atoms with Crippen LogP contribution in [0.15, 0.2) is 11.6 Å². The first-order valence-corrected chi connectivity index (χ1v) is 10.2. The van der Waals surface area contributed by atoms with Crippen molar-refractivity contribution >= 4 is 5.97 Å². The maximum atomic E-state index is 10.9. The lowest BCUT2D eigenvalue weighted by Crippen LogP contribution is -2.26. The molecule has 0 fully saturated rings. The van der Waals surface area contributed by atoms with E-state index in [1.165, 1.54) is 77.0 Å². The highest BCUT2D eigenvalue weighted by molar-refractivity contribution is 5.85. The fourth-order valence-corrected chi connectivity index (χ4v) is 2.88. The molecule has 0 rings (SSSR count). The molecule has 0 aromatic carbocycles. The van der Waals surface area contributed by atoms with Gasteiger partial charge in [-0.05, 0) is 32.9 Å². The summed E-state index contributed by atoms with van der Waals surface area (Å²) in [5.74, 6) is -0.797. The molecule has 0 heterocycles. The van der Waals surface area contributed by atoms with Gasteiger partial charge in [-0.25, -0.2) is 4.79 Å². The van der Waals surface area contributed by atoms with Gasteiger partial charge in [-0.3, -0.25) is 4.90 Å². The minimum atomic E-state index is -0.797. The molecule has 0 aliphatic carbocycles. The fraction of sp³-hybridized carbons (Fsp3) is 0.857. The Bertz CT molecular complexity index is 310. The molecule has 3 nitrogen and oxygen atoms in total. The highest BCUT2D eigenvalue weighted by Gasteiger charge is 2.05. The second-order valence-corrected chi connectivity index (χ2v) is 7.03. The zero-order chi connectivity index (χ0) is 18.0. The zero-order valence-electron chi connectivity index (χ0n) is 16.5. The van der Waals surface area contributed by atoms with Crippen LogP contribution in [0.5, 0.6) is 0 Å². The van der Waals surface area contributed by atoms with Crippen molar-refractivity contribution in [2.45, 2.75) is 97.8 Å². The molecule has 0 saturated carbocycles. The number of aliphatic carboxylic acids is 1. The maximum absolute atomic E-state index is 10.9. The van der Waals surface area contributed by atoms with Gasteiger partial charge in [0.1, 0.15) is 0 Å². The van der Waals surface area contributed by atoms with Crippen molar-refractivity contribution in [2.24, 2.45) is 0 Å². The molecule has 24 heavy (non-hydrogen) atoms. The molecule has 3 heteroatoms. The van der Waals surface area contributed by atoms with Crippen LogP contribution in [0.1, 0.15) is 97.8 Å². The van der Waals surface area contributed by atoms with Gasteiger partial charge in [0.25, 0.3) is 0 Å². The second kappa shape index (κ2) is 17.0. The molecular weight excluding hydrogens is 298 g/mol. The Kier molecular flexibility index (Phi) is 16.4. The highest BCUT2D eigenvalue weighted by Crippen LogP contribution is 2.09. The van der Waals surface area contributed by atoms with Crippen molar-refractivity contribution in [3.05, 3.63) is 11.6 Å². The zero-order valence-corrected chi connectivity index (χ0v) is 16.5. The van der Waals surface area contributed by atoms with E-state index >= 15 is 0 Å². The van der Waals surface area contributed by atoms with Crippen molar-refractivity contribution < 1.29 is 9.90 Å². The minimum Gasteiger partial charge on any atom is -0.478 e. The Labute approximate surface area is 150 Å². The molecule has 0 aliphatic heterocycles. The van der Waals surface area contributed by atoms with E-state index in [0.717, 1.165) is 19.6 Å². The third kappa shape index (κ3) is 14.7. The Balaban J connectivity index is 4.04. The van der Waals surface area contributed by atoms with Gasteiger partial charge < -0.3 is 5.11 Å². The Hall–Kier alpha value is -0.830. The molecule has 0 unspecified atom stereocenters. The van der Waals surface area contributed by atoms with Gasteiger partial charge in [-0.15, -0.1) is 0 Å². The lowest BCUT2D eigenvalue weighted by Gasteiger charge is -2.21. The third-order valence-electron chi connectivity index (χ3n) is 4.65. The first-order valence-electron chi connectivity index (χ1n) is 10.2. The quantitative estimate of drug-likeness (QED) is 0.259. The van der Waals surface area contributed by atoms with Crippen molar-refractivity contribution in [3.63, 3.8) is 0 Å². The maximum Gasteiger partial charge on any atom is 0.330 e. The molecule has 0 spiro atoms. The van der Waals surface area contributed by atoms with Crippen LogP contribution in [-0.2, 0) is 4.79 Å². The third-order valence-corrected chi connectivity index (χ3v) is 4.65. The van der Waals surface area contributed by atoms with Crippen molar-refractivity contribution in [1.29, 1.82) is 0 Å². The summed E-state index contributed by atoms with van der Waals surface area (Å²) in [6.45, 7) is 9.17. The summed E-state index contributed by atoms with van der Waals surface area (Å²) in [7, 11) is 0. The molecule has 0 aromatic rings. The van der Waals surface area contributed by atoms with Gasteiger partial charge >= 0.3 is 5.97 Å². The fourth-order valence-electron chi connectivity index (χ4n) is 2.88. The first-order chi connectivity index (χ1) is 11.6. The number of carboxylic acid groups (broad SMARTS) is 1. The van der Waals surface area contributed by atoms with Crippen molar-refractivity contribution in [1.82, 2.24) is 4.90 Å². The number of rotatable bonds is 17. The van der Waals surface area contributed by atoms with E-state index in [2.05, 4.69) is 18.7 Å². The number of carboxylic acids is 1. The monoisotopic (exact) mass is 339 g/mol. The van der Waals surface area contributed by atoms with E-state index in [-0.39, 0.29) is 0 Å². The van der Waals surface area contributed by atoms with Crippen LogP contribution in [0, 0.1) is 0 Å². The number of carbonyl (C=O) groups is 1. The Morgan fingerprint density at radius 3 is 1.62 bits per heavy atom. The average Bonchev–Trinajstić information content (AvgIpc) is 2.57. The van der Waals surface area contributed by atoms with Crippen molar-refractivity contribution in [2.75, 3.05) is 19.6 Å². The average molecular weight is 340 g/mol. The number of hydrogen-bond acceptors (Lipinski definition) is 2. The van der Waals surface area contributed by atoms with E-state index < -0.39 is 5.97 Å². The summed E-state index contributed by atoms with van der Waals surface area (Å²) < 4.78 is 0. The van der Waals surface area contributed by atoms with E-state index in [4.69, 9.17) is 5.11 Å². The van der Waals surface area contributed by atoms with Crippen molar-refractivity contribution in [3.8, 4) is 0 Å². The standard InChI is InChI=1S/C21H41NO2/c1-4-6-8-10-12-14-17-22(19-16-20(3)21(23)24)18-15-13-11-9-7-5-2/h16H,4-15,17-19H2,1-3H3,(H,23,24). The summed E-state index contributed by atoms with van der Waals surface area (Å²) in [6.07, 6.45) is 17.6. The summed E-state index contributed by atoms with van der Waals surface area (Å²) >= 11 is 0. The molecule has 0 amide bonds. The summed E-state index contributed by atoms with van der Waals surface area (Å²) in [4.78, 5) is 13.4. The molecular formula is C21H41NO2. The number of nitrogens with zero attached hydrogens (tertiary/aromatic N) is 1. The number of hydrogen-bond donors (Lipinski definition) is 1. The van der Waals surface area contributed by atoms with Gasteiger partial charge in [0, 0.05) is 12.1 Å². The van der Waals surface area contributed by atoms with Crippen LogP contribution >= 0.6 is 0 Å². The second-order valence-electron chi connectivity index (χ2n) is 7.03. The van der Waals surface area contributed by atoms with Gasteiger partial charge in [0.2, 0.25) is 0 Å². The molecule has 0 aliphatic rings. The molecule has 0 bridgehead atoms. The van der Waals surface area contributed by atoms with Crippen LogP contribution in [-0.4, -0.2) is 35.6 Å². The Morgan fingerprint density at radius 1 is 0.792 bits per heavy atom. The predicted octanol–water partition coefficient (Wildman–Crippen LogP) is 6.04. The summed E-state index contributed by atoms with van der Waals surface area (Å²) in [5, 5.41) is 9.00. The normalized spacial score (nSPS) is 12.1. The topological polar surface area (TPSA) is 40.5 Å². The SMILES string of the molecule is CCCCCCCCN(CC=C(C)C(=O)O)CCCCCCCC. The van der Waals surface area contributed by atoms with Gasteiger partial charge in [0.15, 0.2) is 0 Å². The van der Waals surface area contributed by atoms with Gasteiger partial charge in [-0.1, -0.05) is 84.1 Å². The van der Waals surface area contributed by atoms with E-state index in [0.29, 0.717) is 5.57 Å². The van der Waals surface area contributed by atoms with Crippen LogP contribution in [0.25, 0.3) is 0 Å². The van der Waals surface area contributed by atoms with Crippen LogP contribution < -0.4 is 0 Å². The number of unbranched alkanes of at least 4 members (excludes halogenated alkanes) is 10. The van der Waals surface area contributed by atoms with E-state index in [1.807, 2.05) is 6.08 Å². The molecule has 0 radical (unpaired) electrons. The lowest BCUT2D eigenvalue weighted by atomic mass is 10.1. The highest BCUT2D eigenvalue weighted by atomic mass is 16.4. The molecule has 0 atom stereocenters. The van der Waals surface area contributed by atoms with Gasteiger partial charge in [-0.2, -0.15) is 0 Å². The van der Waals surface area contributed by atoms with Crippen LogP contribution in [0.3, 0.4) is 0 Å². The lowest BCUT2D eigenvalue weighted by molar-refractivity contribution is -0.132. The van der Waals surface area contributed by atoms with E-state index in [9.17, 15) is 4.79 Å². The van der Waals surface area contributed by atoms with Gasteiger partial charge in [0.05, 0.1) is 0 Å². The van der Waals surface area contributed by atoms with Crippen LogP contribution in [0.2, 0.25) is 0 Å². The molecule has 0 aromatic heterocycles.